The van der Waals surface area contributed by atoms with Crippen molar-refractivity contribution in [1.29, 1.82) is 0 Å². The monoisotopic (exact) mass is 308 g/mol. The molecule has 1 heterocycles. The molecule has 0 aliphatic heterocycles. The van der Waals surface area contributed by atoms with E-state index in [1.807, 2.05) is 13.8 Å². The van der Waals surface area contributed by atoms with E-state index < -0.39 is 0 Å². The molecule has 1 aromatic heterocycles. The van der Waals surface area contributed by atoms with Crippen LogP contribution in [-0.4, -0.2) is 22.4 Å². The number of halogens is 1. The highest BCUT2D eigenvalue weighted by atomic mass is 127. The molecule has 0 aromatic carbocycles. The minimum Gasteiger partial charge on any atom is -0.461 e. The summed E-state index contributed by atoms with van der Waals surface area (Å²) < 4.78 is 7.60. The van der Waals surface area contributed by atoms with E-state index in [2.05, 4.69) is 27.7 Å². The number of hydrogen-bond acceptors (Lipinski definition) is 3. The zero-order chi connectivity index (χ0) is 10.7. The van der Waals surface area contributed by atoms with Gasteiger partial charge in [0.05, 0.1) is 6.61 Å². The predicted molar refractivity (Wildman–Crippen MR) is 61.3 cm³/mol. The predicted octanol–water partition coefficient (Wildman–Crippen LogP) is 2.25. The Morgan fingerprint density at radius 3 is 2.79 bits per heavy atom. The van der Waals surface area contributed by atoms with Gasteiger partial charge in [-0.1, -0.05) is 0 Å². The molecule has 4 nitrogen and oxygen atoms in total. The number of ether oxygens (including phenoxy) is 1. The Balaban J connectivity index is 2.90. The lowest BCUT2D eigenvalue weighted by atomic mass is 10.4. The Morgan fingerprint density at radius 1 is 1.71 bits per heavy atom. The fourth-order valence-corrected chi connectivity index (χ4v) is 2.00. The highest BCUT2D eigenvalue weighted by molar-refractivity contribution is 14.1. The standard InChI is InChI=1S/C9H13IN2O2/c1-4-14-9(13)7-5-8(10)12(11-7)6(2)3/h5-6H,4H2,1-3H3. The average Bonchev–Trinajstić information content (AvgIpc) is 2.48. The van der Waals surface area contributed by atoms with Crippen molar-refractivity contribution in [3.05, 3.63) is 15.5 Å². The molecule has 0 aliphatic carbocycles. The van der Waals surface area contributed by atoms with Crippen molar-refractivity contribution in [3.8, 4) is 0 Å². The normalized spacial score (nSPS) is 10.6. The van der Waals surface area contributed by atoms with Crippen LogP contribution in [0.1, 0.15) is 37.3 Å². The van der Waals surface area contributed by atoms with Gasteiger partial charge in [0.15, 0.2) is 5.69 Å². The van der Waals surface area contributed by atoms with Gasteiger partial charge in [-0.3, -0.25) is 4.68 Å². The Kier molecular flexibility index (Phi) is 3.91. The van der Waals surface area contributed by atoms with E-state index >= 15 is 0 Å². The van der Waals surface area contributed by atoms with Crippen LogP contribution in [0, 0.1) is 3.70 Å². The van der Waals surface area contributed by atoms with Crippen LogP contribution in [0.4, 0.5) is 0 Å². The molecule has 0 radical (unpaired) electrons. The van der Waals surface area contributed by atoms with Crippen LogP contribution in [0.15, 0.2) is 6.07 Å². The molecule has 0 unspecified atom stereocenters. The van der Waals surface area contributed by atoms with Crippen molar-refractivity contribution >= 4 is 28.6 Å². The van der Waals surface area contributed by atoms with Crippen LogP contribution < -0.4 is 0 Å². The van der Waals surface area contributed by atoms with E-state index in [9.17, 15) is 4.79 Å². The zero-order valence-electron chi connectivity index (χ0n) is 8.45. The first-order chi connectivity index (χ1) is 6.56. The summed E-state index contributed by atoms with van der Waals surface area (Å²) in [6.45, 7) is 6.19. The van der Waals surface area contributed by atoms with Gasteiger partial charge in [0.2, 0.25) is 0 Å². The maximum Gasteiger partial charge on any atom is 0.358 e. The first-order valence-corrected chi connectivity index (χ1v) is 5.56. The second-order valence-electron chi connectivity index (χ2n) is 3.11. The fourth-order valence-electron chi connectivity index (χ4n) is 1.04. The van der Waals surface area contributed by atoms with Gasteiger partial charge >= 0.3 is 5.97 Å². The molecule has 5 heteroatoms. The molecule has 0 saturated carbocycles. The van der Waals surface area contributed by atoms with Gasteiger partial charge in [-0.25, -0.2) is 4.79 Å². The average molecular weight is 308 g/mol. The van der Waals surface area contributed by atoms with Crippen LogP contribution >= 0.6 is 22.6 Å². The summed E-state index contributed by atoms with van der Waals surface area (Å²) >= 11 is 2.15. The zero-order valence-corrected chi connectivity index (χ0v) is 10.6. The van der Waals surface area contributed by atoms with Crippen LogP contribution in [0.3, 0.4) is 0 Å². The molecule has 0 spiro atoms. The summed E-state index contributed by atoms with van der Waals surface area (Å²) in [7, 11) is 0. The van der Waals surface area contributed by atoms with Crippen molar-refractivity contribution in [1.82, 2.24) is 9.78 Å². The van der Waals surface area contributed by atoms with Crippen LogP contribution in [0.25, 0.3) is 0 Å². The number of carbonyl (C=O) groups is 1. The summed E-state index contributed by atoms with van der Waals surface area (Å²) in [6, 6.07) is 1.99. The second kappa shape index (κ2) is 4.77. The Labute approximate surface area is 96.8 Å². The highest BCUT2D eigenvalue weighted by Crippen LogP contribution is 2.13. The quantitative estimate of drug-likeness (QED) is 0.635. The first kappa shape index (κ1) is 11.5. The van der Waals surface area contributed by atoms with Gasteiger partial charge in [-0.15, -0.1) is 0 Å². The van der Waals surface area contributed by atoms with Gasteiger partial charge < -0.3 is 4.74 Å². The molecule has 0 saturated heterocycles. The lowest BCUT2D eigenvalue weighted by molar-refractivity contribution is 0.0518. The van der Waals surface area contributed by atoms with Gasteiger partial charge in [0, 0.05) is 12.1 Å². The minimum atomic E-state index is -0.357. The summed E-state index contributed by atoms with van der Waals surface area (Å²) in [5.41, 5.74) is 0.380. The largest absolute Gasteiger partial charge is 0.461 e. The lowest BCUT2D eigenvalue weighted by Crippen LogP contribution is -2.09. The van der Waals surface area contributed by atoms with Crippen molar-refractivity contribution in [2.75, 3.05) is 6.61 Å². The third-order valence-corrected chi connectivity index (χ3v) is 2.47. The molecule has 0 N–H and O–H groups in total. The van der Waals surface area contributed by atoms with Gasteiger partial charge in [-0.2, -0.15) is 5.10 Å². The van der Waals surface area contributed by atoms with Gasteiger partial charge in [-0.05, 0) is 43.4 Å². The topological polar surface area (TPSA) is 44.1 Å². The van der Waals surface area contributed by atoms with Crippen molar-refractivity contribution < 1.29 is 9.53 Å². The van der Waals surface area contributed by atoms with Crippen molar-refractivity contribution in [2.45, 2.75) is 26.8 Å². The van der Waals surface area contributed by atoms with Crippen LogP contribution in [0.2, 0.25) is 0 Å². The van der Waals surface area contributed by atoms with E-state index in [1.54, 1.807) is 17.7 Å². The molecule has 0 amide bonds. The van der Waals surface area contributed by atoms with E-state index in [-0.39, 0.29) is 12.0 Å². The number of aromatic nitrogens is 2. The Hall–Kier alpha value is -0.590. The SMILES string of the molecule is CCOC(=O)c1cc(I)n(C(C)C)n1. The number of nitrogens with zero attached hydrogens (tertiary/aromatic N) is 2. The maximum absolute atomic E-state index is 11.3. The number of esters is 1. The van der Waals surface area contributed by atoms with Crippen LogP contribution in [0.5, 0.6) is 0 Å². The maximum atomic E-state index is 11.3. The number of carbonyl (C=O) groups excluding carboxylic acids is 1. The molecule has 78 valence electrons. The molecule has 1 rings (SSSR count). The Morgan fingerprint density at radius 2 is 2.36 bits per heavy atom. The smallest absolute Gasteiger partial charge is 0.358 e. The molecule has 0 aliphatic rings. The number of rotatable bonds is 3. The van der Waals surface area contributed by atoms with Crippen molar-refractivity contribution in [2.24, 2.45) is 0 Å². The third kappa shape index (κ3) is 2.46. The summed E-state index contributed by atoms with van der Waals surface area (Å²) in [5, 5.41) is 4.16. The Bertz CT molecular complexity index is 334. The summed E-state index contributed by atoms with van der Waals surface area (Å²) in [4.78, 5) is 11.3. The minimum absolute atomic E-state index is 0.255. The fraction of sp³-hybridized carbons (Fsp3) is 0.556. The number of hydrogen-bond donors (Lipinski definition) is 0. The first-order valence-electron chi connectivity index (χ1n) is 4.48. The van der Waals surface area contributed by atoms with Gasteiger partial charge in [0.1, 0.15) is 3.70 Å². The highest BCUT2D eigenvalue weighted by Gasteiger charge is 2.14. The molecule has 14 heavy (non-hydrogen) atoms. The van der Waals surface area contributed by atoms with E-state index in [0.29, 0.717) is 12.3 Å². The van der Waals surface area contributed by atoms with Gasteiger partial charge in [0.25, 0.3) is 0 Å². The van der Waals surface area contributed by atoms with Crippen LogP contribution in [-0.2, 0) is 4.74 Å². The molecular weight excluding hydrogens is 295 g/mol. The molecular formula is C9H13IN2O2. The summed E-state index contributed by atoms with van der Waals surface area (Å²) in [5.74, 6) is -0.357. The van der Waals surface area contributed by atoms with Crippen molar-refractivity contribution in [3.63, 3.8) is 0 Å². The van der Waals surface area contributed by atoms with E-state index in [1.165, 1.54) is 0 Å². The molecule has 1 aromatic rings. The molecule has 0 fully saturated rings. The van der Waals surface area contributed by atoms with E-state index in [0.717, 1.165) is 3.70 Å². The lowest BCUT2D eigenvalue weighted by Gasteiger charge is -2.05. The van der Waals surface area contributed by atoms with E-state index in [4.69, 9.17) is 4.74 Å². The molecule has 0 bridgehead atoms. The molecule has 0 atom stereocenters. The third-order valence-electron chi connectivity index (χ3n) is 1.66. The summed E-state index contributed by atoms with van der Waals surface area (Å²) in [6.07, 6.45) is 0. The second-order valence-corrected chi connectivity index (χ2v) is 4.22.